The van der Waals surface area contributed by atoms with Crippen molar-refractivity contribution < 1.29 is 9.18 Å². The fraction of sp³-hybridized carbons (Fsp3) is 0.129. The van der Waals surface area contributed by atoms with Crippen molar-refractivity contribution in [1.29, 1.82) is 0 Å². The van der Waals surface area contributed by atoms with Crippen LogP contribution in [0.25, 0.3) is 33.3 Å². The SMILES string of the molecule is CN/C(C)=C\C(N)=N/c1ncc(C)c(-c2c[nH]c3c(N4Cc5c(cccc5-c5cncc(F)c5)C4=O)cccc23)n1. The van der Waals surface area contributed by atoms with Crippen LogP contribution in [0.2, 0.25) is 0 Å². The molecule has 4 N–H and O–H groups in total. The first-order valence-corrected chi connectivity index (χ1v) is 13.0. The highest BCUT2D eigenvalue weighted by atomic mass is 19.1. The van der Waals surface area contributed by atoms with E-state index in [0.717, 1.165) is 44.5 Å². The second-order valence-electron chi connectivity index (χ2n) is 9.83. The smallest absolute Gasteiger partial charge is 0.259 e. The number of carbonyl (C=O) groups excluding carboxylic acids is 1. The number of benzene rings is 2. The first kappa shape index (κ1) is 25.9. The first-order valence-electron chi connectivity index (χ1n) is 13.0. The summed E-state index contributed by atoms with van der Waals surface area (Å²) in [5.41, 5.74) is 13.7. The lowest BCUT2D eigenvalue weighted by atomic mass is 9.98. The average Bonchev–Trinajstić information content (AvgIpc) is 3.55. The van der Waals surface area contributed by atoms with Gasteiger partial charge in [0.15, 0.2) is 0 Å². The number of nitrogens with one attached hydrogen (secondary N) is 2. The standard InChI is InChI=1S/C31H27FN8O/c1-17-12-37-31(38-27(33)10-18(2)34-3)39-28(17)24-15-36-29-22(24)7-5-9-26(29)40-16-25-21(6-4-8-23(25)30(40)41)19-11-20(32)14-35-13-19/h4-15,34,36H,16H2,1-3H3,(H2,33,37,38,39)/b18-10-. The molecule has 0 bridgehead atoms. The van der Waals surface area contributed by atoms with Gasteiger partial charge in [0.25, 0.3) is 11.9 Å². The molecule has 1 aliphatic rings. The summed E-state index contributed by atoms with van der Waals surface area (Å²) in [7, 11) is 1.81. The van der Waals surface area contributed by atoms with Gasteiger partial charge in [-0.25, -0.2) is 14.4 Å². The van der Waals surface area contributed by atoms with Crippen LogP contribution in [0.4, 0.5) is 16.0 Å². The van der Waals surface area contributed by atoms with Crippen LogP contribution in [0.1, 0.15) is 28.4 Å². The van der Waals surface area contributed by atoms with Gasteiger partial charge in [0.1, 0.15) is 11.7 Å². The van der Waals surface area contributed by atoms with Crippen LogP contribution in [-0.2, 0) is 6.54 Å². The van der Waals surface area contributed by atoms with Crippen LogP contribution in [0.3, 0.4) is 0 Å². The molecule has 0 atom stereocenters. The van der Waals surface area contributed by atoms with Gasteiger partial charge in [0.05, 0.1) is 29.6 Å². The number of aliphatic imine (C=N–C) groups is 1. The number of amides is 1. The average molecular weight is 547 g/mol. The number of aromatic amines is 1. The highest BCUT2D eigenvalue weighted by molar-refractivity contribution is 6.15. The van der Waals surface area contributed by atoms with E-state index < -0.39 is 5.82 Å². The fourth-order valence-electron chi connectivity index (χ4n) is 5.12. The second-order valence-corrected chi connectivity index (χ2v) is 9.83. The van der Waals surface area contributed by atoms with E-state index in [9.17, 15) is 9.18 Å². The van der Waals surface area contributed by atoms with E-state index in [1.165, 1.54) is 12.3 Å². The van der Waals surface area contributed by atoms with Gasteiger partial charge in [-0.1, -0.05) is 24.3 Å². The molecule has 41 heavy (non-hydrogen) atoms. The molecule has 0 aliphatic carbocycles. The molecule has 9 nitrogen and oxygen atoms in total. The van der Waals surface area contributed by atoms with Crippen LogP contribution < -0.4 is 16.0 Å². The number of anilines is 1. The number of amidine groups is 1. The summed E-state index contributed by atoms with van der Waals surface area (Å²) >= 11 is 0. The Labute approximate surface area is 235 Å². The summed E-state index contributed by atoms with van der Waals surface area (Å²) in [4.78, 5) is 36.1. The Bertz CT molecular complexity index is 1890. The van der Waals surface area contributed by atoms with Gasteiger partial charge < -0.3 is 20.9 Å². The molecule has 1 amide bonds. The molecule has 0 fully saturated rings. The molecule has 0 saturated carbocycles. The number of halogens is 1. The number of fused-ring (bicyclic) bond motifs is 2. The molecule has 1 aliphatic heterocycles. The maximum atomic E-state index is 13.9. The molecular weight excluding hydrogens is 519 g/mol. The summed E-state index contributed by atoms with van der Waals surface area (Å²) in [5.74, 6) is -0.0113. The lowest BCUT2D eigenvalue weighted by Gasteiger charge is -2.17. The number of nitrogens with zero attached hydrogens (tertiary/aromatic N) is 5. The number of H-pyrrole nitrogens is 1. The predicted octanol–water partition coefficient (Wildman–Crippen LogP) is 5.41. The molecule has 0 saturated heterocycles. The maximum absolute atomic E-state index is 13.9. The summed E-state index contributed by atoms with van der Waals surface area (Å²) in [5, 5.41) is 3.90. The predicted molar refractivity (Wildman–Crippen MR) is 158 cm³/mol. The fourth-order valence-corrected chi connectivity index (χ4v) is 5.12. The van der Waals surface area contributed by atoms with Crippen molar-refractivity contribution in [3.05, 3.63) is 102 Å². The van der Waals surface area contributed by atoms with Crippen LogP contribution >= 0.6 is 0 Å². The Morgan fingerprint density at radius 1 is 1.15 bits per heavy atom. The van der Waals surface area contributed by atoms with E-state index in [-0.39, 0.29) is 17.7 Å². The molecule has 3 aromatic heterocycles. The van der Waals surface area contributed by atoms with Crippen molar-refractivity contribution in [2.75, 3.05) is 11.9 Å². The monoisotopic (exact) mass is 546 g/mol. The number of nitrogens with two attached hydrogens (primary N) is 1. The third-order valence-corrected chi connectivity index (χ3v) is 7.17. The van der Waals surface area contributed by atoms with Gasteiger partial charge in [-0.15, -0.1) is 0 Å². The second kappa shape index (κ2) is 10.3. The maximum Gasteiger partial charge on any atom is 0.259 e. The van der Waals surface area contributed by atoms with Crippen molar-refractivity contribution in [1.82, 2.24) is 25.3 Å². The summed E-state index contributed by atoms with van der Waals surface area (Å²) in [6.07, 6.45) is 8.08. The number of aromatic nitrogens is 4. The zero-order chi connectivity index (χ0) is 28.7. The minimum absolute atomic E-state index is 0.120. The van der Waals surface area contributed by atoms with Crippen molar-refractivity contribution in [2.24, 2.45) is 10.7 Å². The minimum atomic E-state index is -0.425. The third kappa shape index (κ3) is 4.69. The normalized spacial score (nSPS) is 13.7. The number of hydrogen-bond donors (Lipinski definition) is 3. The largest absolute Gasteiger partial charge is 0.392 e. The van der Waals surface area contributed by atoms with Crippen molar-refractivity contribution in [3.63, 3.8) is 0 Å². The highest BCUT2D eigenvalue weighted by Crippen LogP contribution is 2.40. The van der Waals surface area contributed by atoms with Crippen LogP contribution in [0, 0.1) is 12.7 Å². The van der Waals surface area contributed by atoms with Gasteiger partial charge in [0, 0.05) is 53.4 Å². The van der Waals surface area contributed by atoms with Gasteiger partial charge >= 0.3 is 0 Å². The van der Waals surface area contributed by atoms with Gasteiger partial charge in [-0.3, -0.25) is 9.78 Å². The van der Waals surface area contributed by atoms with E-state index in [1.807, 2.05) is 50.4 Å². The highest BCUT2D eigenvalue weighted by Gasteiger charge is 2.32. The molecule has 0 spiro atoms. The number of hydrogen-bond acceptors (Lipinski definition) is 6. The van der Waals surface area contributed by atoms with E-state index in [1.54, 1.807) is 36.5 Å². The van der Waals surface area contributed by atoms with E-state index in [0.29, 0.717) is 23.4 Å². The number of para-hydroxylation sites is 1. The van der Waals surface area contributed by atoms with Crippen LogP contribution in [-0.4, -0.2) is 38.7 Å². The number of aryl methyl sites for hydroxylation is 1. The van der Waals surface area contributed by atoms with Gasteiger partial charge in [0.2, 0.25) is 0 Å². The molecule has 0 unspecified atom stereocenters. The quantitative estimate of drug-likeness (QED) is 0.193. The van der Waals surface area contributed by atoms with Crippen LogP contribution in [0.15, 0.2) is 84.0 Å². The molecular formula is C31H27FN8O. The molecule has 204 valence electrons. The molecule has 4 heterocycles. The number of carbonyl (C=O) groups is 1. The lowest BCUT2D eigenvalue weighted by Crippen LogP contribution is -2.23. The number of allylic oxidation sites excluding steroid dienone is 1. The van der Waals surface area contributed by atoms with Gasteiger partial charge in [-0.2, -0.15) is 4.99 Å². The molecule has 0 radical (unpaired) electrons. The van der Waals surface area contributed by atoms with E-state index >= 15 is 0 Å². The Morgan fingerprint density at radius 2 is 1.95 bits per heavy atom. The van der Waals surface area contributed by atoms with Crippen molar-refractivity contribution in [2.45, 2.75) is 20.4 Å². The summed E-state index contributed by atoms with van der Waals surface area (Å²) < 4.78 is 13.9. The van der Waals surface area contributed by atoms with Crippen LogP contribution in [0.5, 0.6) is 0 Å². The Kier molecular flexibility index (Phi) is 6.50. The Balaban J connectivity index is 1.39. The zero-order valence-corrected chi connectivity index (χ0v) is 22.7. The van der Waals surface area contributed by atoms with Crippen molar-refractivity contribution in [3.8, 4) is 22.4 Å². The van der Waals surface area contributed by atoms with Gasteiger partial charge in [-0.05, 0) is 54.8 Å². The van der Waals surface area contributed by atoms with Crippen molar-refractivity contribution >= 4 is 34.3 Å². The number of rotatable bonds is 6. The zero-order valence-electron chi connectivity index (χ0n) is 22.7. The first-order chi connectivity index (χ1) is 19.8. The summed E-state index contributed by atoms with van der Waals surface area (Å²) in [6, 6.07) is 12.8. The molecule has 2 aromatic carbocycles. The Morgan fingerprint density at radius 3 is 2.76 bits per heavy atom. The molecule has 10 heteroatoms. The molecule has 6 rings (SSSR count). The topological polar surface area (TPSA) is 125 Å². The third-order valence-electron chi connectivity index (χ3n) is 7.17. The summed E-state index contributed by atoms with van der Waals surface area (Å²) in [6.45, 7) is 4.17. The van der Waals surface area contributed by atoms with E-state index in [2.05, 4.69) is 25.3 Å². The minimum Gasteiger partial charge on any atom is -0.392 e. The van der Waals surface area contributed by atoms with E-state index in [4.69, 9.17) is 10.7 Å². The Hall–Kier alpha value is -5.38. The number of pyridine rings is 1. The molecule has 5 aromatic rings. The lowest BCUT2D eigenvalue weighted by molar-refractivity contribution is 0.0997.